The van der Waals surface area contributed by atoms with Crippen LogP contribution >= 0.6 is 0 Å². The minimum absolute atomic E-state index is 0.380. The van der Waals surface area contributed by atoms with Gasteiger partial charge in [-0.2, -0.15) is 4.39 Å². The third kappa shape index (κ3) is 2.67. The van der Waals surface area contributed by atoms with E-state index in [1.165, 1.54) is 31.7 Å². The molecule has 82 valence electrons. The summed E-state index contributed by atoms with van der Waals surface area (Å²) in [6, 6.07) is 4.07. The van der Waals surface area contributed by atoms with Gasteiger partial charge in [0.1, 0.15) is 0 Å². The van der Waals surface area contributed by atoms with Gasteiger partial charge in [0, 0.05) is 30.5 Å². The van der Waals surface area contributed by atoms with Crippen LogP contribution in [-0.4, -0.2) is 17.6 Å². The quantitative estimate of drug-likeness (QED) is 0.691. The van der Waals surface area contributed by atoms with Crippen molar-refractivity contribution < 1.29 is 4.39 Å². The van der Waals surface area contributed by atoms with Gasteiger partial charge in [-0.05, 0) is 25.3 Å². The Morgan fingerprint density at radius 1 is 1.53 bits per heavy atom. The molecule has 0 spiro atoms. The zero-order valence-corrected chi connectivity index (χ0v) is 9.12. The number of hydrogen-bond acceptors (Lipinski definition) is 2. The van der Waals surface area contributed by atoms with Crippen molar-refractivity contribution in [3.05, 3.63) is 24.3 Å². The Morgan fingerprint density at radius 2 is 2.33 bits per heavy atom. The highest BCUT2D eigenvalue weighted by Gasteiger charge is 2.28. The molecule has 2 rings (SSSR count). The van der Waals surface area contributed by atoms with Gasteiger partial charge in [-0.15, -0.1) is 0 Å². The maximum Gasteiger partial charge on any atom is 0.214 e. The fourth-order valence-electron chi connectivity index (χ4n) is 1.81. The summed E-state index contributed by atoms with van der Waals surface area (Å²) >= 11 is 0. The average Bonchev–Trinajstić information content (AvgIpc) is 3.03. The molecule has 1 aliphatic rings. The number of rotatable bonds is 5. The minimum Gasteiger partial charge on any atom is -0.368 e. The smallest absolute Gasteiger partial charge is 0.214 e. The minimum atomic E-state index is -0.380. The molecule has 1 aromatic rings. The molecule has 0 amide bonds. The standard InChI is InChI=1S/C12H17FN2/c1-2-3-8-15(10-4-5-10)11-6-7-14-12(13)9-11/h6-7,9-10H,2-5,8H2,1H3. The zero-order valence-electron chi connectivity index (χ0n) is 9.12. The van der Waals surface area contributed by atoms with Gasteiger partial charge in [0.15, 0.2) is 0 Å². The second kappa shape index (κ2) is 4.60. The van der Waals surface area contributed by atoms with E-state index in [2.05, 4.69) is 16.8 Å². The van der Waals surface area contributed by atoms with Crippen LogP contribution in [0.25, 0.3) is 0 Å². The van der Waals surface area contributed by atoms with Crippen LogP contribution in [0.5, 0.6) is 0 Å². The summed E-state index contributed by atoms with van der Waals surface area (Å²) in [6.07, 6.45) is 6.38. The molecule has 1 aromatic heterocycles. The van der Waals surface area contributed by atoms with Crippen molar-refractivity contribution in [2.24, 2.45) is 0 Å². The zero-order chi connectivity index (χ0) is 10.7. The van der Waals surface area contributed by atoms with E-state index in [1.54, 1.807) is 6.20 Å². The number of anilines is 1. The van der Waals surface area contributed by atoms with Crippen LogP contribution in [0.1, 0.15) is 32.6 Å². The van der Waals surface area contributed by atoms with E-state index in [9.17, 15) is 4.39 Å². The van der Waals surface area contributed by atoms with Gasteiger partial charge in [-0.1, -0.05) is 13.3 Å². The van der Waals surface area contributed by atoms with Crippen molar-refractivity contribution >= 4 is 5.69 Å². The Hall–Kier alpha value is -1.12. The Kier molecular flexibility index (Phi) is 3.19. The maximum atomic E-state index is 13.0. The molecule has 3 heteroatoms. The summed E-state index contributed by atoms with van der Waals surface area (Å²) in [5.41, 5.74) is 0.985. The summed E-state index contributed by atoms with van der Waals surface area (Å²) < 4.78 is 13.0. The summed E-state index contributed by atoms with van der Waals surface area (Å²) in [6.45, 7) is 3.21. The number of aromatic nitrogens is 1. The first-order valence-corrected chi connectivity index (χ1v) is 5.69. The summed E-state index contributed by atoms with van der Waals surface area (Å²) in [7, 11) is 0. The maximum absolute atomic E-state index is 13.0. The molecule has 0 atom stereocenters. The van der Waals surface area contributed by atoms with Crippen LogP contribution in [-0.2, 0) is 0 Å². The molecule has 0 aromatic carbocycles. The summed E-state index contributed by atoms with van der Waals surface area (Å²) in [5, 5.41) is 0. The van der Waals surface area contributed by atoms with E-state index in [0.29, 0.717) is 6.04 Å². The van der Waals surface area contributed by atoms with Crippen LogP contribution in [0.15, 0.2) is 18.3 Å². The first-order valence-electron chi connectivity index (χ1n) is 5.69. The van der Waals surface area contributed by atoms with Crippen LogP contribution in [0.2, 0.25) is 0 Å². The number of unbranched alkanes of at least 4 members (excludes halogenated alkanes) is 1. The lowest BCUT2D eigenvalue weighted by molar-refractivity contribution is 0.582. The lowest BCUT2D eigenvalue weighted by atomic mass is 10.2. The molecular formula is C12H17FN2. The van der Waals surface area contributed by atoms with Crippen LogP contribution in [0, 0.1) is 5.95 Å². The summed E-state index contributed by atoms with van der Waals surface area (Å²) in [5.74, 6) is -0.380. The highest BCUT2D eigenvalue weighted by atomic mass is 19.1. The Bertz CT molecular complexity index is 323. The van der Waals surface area contributed by atoms with Crippen molar-refractivity contribution in [3.63, 3.8) is 0 Å². The third-order valence-corrected chi connectivity index (χ3v) is 2.78. The molecular weight excluding hydrogens is 191 g/mol. The number of hydrogen-bond donors (Lipinski definition) is 0. The van der Waals surface area contributed by atoms with E-state index < -0.39 is 0 Å². The van der Waals surface area contributed by atoms with E-state index in [-0.39, 0.29) is 5.95 Å². The van der Waals surface area contributed by atoms with Crippen LogP contribution in [0.3, 0.4) is 0 Å². The first kappa shape index (κ1) is 10.4. The highest BCUT2D eigenvalue weighted by molar-refractivity contribution is 5.47. The van der Waals surface area contributed by atoms with E-state index in [1.807, 2.05) is 6.07 Å². The van der Waals surface area contributed by atoms with E-state index in [4.69, 9.17) is 0 Å². The first-order chi connectivity index (χ1) is 7.31. The predicted octanol–water partition coefficient (Wildman–Crippen LogP) is 2.99. The monoisotopic (exact) mass is 208 g/mol. The van der Waals surface area contributed by atoms with Crippen molar-refractivity contribution in [1.82, 2.24) is 4.98 Å². The van der Waals surface area contributed by atoms with Crippen molar-refractivity contribution in [3.8, 4) is 0 Å². The van der Waals surface area contributed by atoms with Crippen molar-refractivity contribution in [2.45, 2.75) is 38.6 Å². The van der Waals surface area contributed by atoms with Gasteiger partial charge in [-0.25, -0.2) is 4.98 Å². The molecule has 1 fully saturated rings. The van der Waals surface area contributed by atoms with Crippen LogP contribution < -0.4 is 4.90 Å². The molecule has 1 heterocycles. The van der Waals surface area contributed by atoms with Gasteiger partial charge in [0.25, 0.3) is 0 Å². The van der Waals surface area contributed by atoms with Gasteiger partial charge in [0.2, 0.25) is 5.95 Å². The second-order valence-corrected chi connectivity index (χ2v) is 4.11. The fraction of sp³-hybridized carbons (Fsp3) is 0.583. The van der Waals surface area contributed by atoms with Gasteiger partial charge >= 0.3 is 0 Å². The Morgan fingerprint density at radius 3 is 2.93 bits per heavy atom. The SMILES string of the molecule is CCCCN(c1ccnc(F)c1)C1CC1. The van der Waals surface area contributed by atoms with Crippen LogP contribution in [0.4, 0.5) is 10.1 Å². The van der Waals surface area contributed by atoms with Gasteiger partial charge in [0.05, 0.1) is 0 Å². The number of pyridine rings is 1. The molecule has 0 saturated heterocycles. The molecule has 1 aliphatic carbocycles. The van der Waals surface area contributed by atoms with E-state index in [0.717, 1.165) is 12.2 Å². The molecule has 0 aliphatic heterocycles. The molecule has 1 saturated carbocycles. The second-order valence-electron chi connectivity index (χ2n) is 4.11. The third-order valence-electron chi connectivity index (χ3n) is 2.78. The lowest BCUT2D eigenvalue weighted by Gasteiger charge is -2.24. The summed E-state index contributed by atoms with van der Waals surface area (Å²) in [4.78, 5) is 5.90. The Balaban J connectivity index is 2.09. The van der Waals surface area contributed by atoms with Crippen molar-refractivity contribution in [2.75, 3.05) is 11.4 Å². The van der Waals surface area contributed by atoms with Crippen molar-refractivity contribution in [1.29, 1.82) is 0 Å². The van der Waals surface area contributed by atoms with Gasteiger partial charge in [-0.3, -0.25) is 0 Å². The number of halogens is 1. The molecule has 2 nitrogen and oxygen atoms in total. The molecule has 0 bridgehead atoms. The normalized spacial score (nSPS) is 15.3. The van der Waals surface area contributed by atoms with E-state index >= 15 is 0 Å². The molecule has 0 radical (unpaired) electrons. The number of nitrogens with zero attached hydrogens (tertiary/aromatic N) is 2. The Labute approximate surface area is 90.1 Å². The predicted molar refractivity (Wildman–Crippen MR) is 59.5 cm³/mol. The largest absolute Gasteiger partial charge is 0.368 e. The fourth-order valence-corrected chi connectivity index (χ4v) is 1.81. The average molecular weight is 208 g/mol. The highest BCUT2D eigenvalue weighted by Crippen LogP contribution is 2.31. The molecule has 0 unspecified atom stereocenters. The van der Waals surface area contributed by atoms with Gasteiger partial charge < -0.3 is 4.90 Å². The molecule has 0 N–H and O–H groups in total. The lowest BCUT2D eigenvalue weighted by Crippen LogP contribution is -2.26. The topological polar surface area (TPSA) is 16.1 Å². The molecule has 15 heavy (non-hydrogen) atoms.